The second-order valence-electron chi connectivity index (χ2n) is 7.08. The number of carboxylic acids is 1. The van der Waals surface area contributed by atoms with Gasteiger partial charge in [0.1, 0.15) is 5.76 Å². The number of aromatic carboxylic acids is 1. The molecule has 0 atom stereocenters. The van der Waals surface area contributed by atoms with Crippen molar-refractivity contribution in [1.29, 1.82) is 0 Å². The highest BCUT2D eigenvalue weighted by Crippen LogP contribution is 2.34. The number of carbonyl (C=O) groups excluding carboxylic acids is 1. The number of amides is 2. The number of carbonyl (C=O) groups is 2. The number of carboxylic acid groups (broad SMARTS) is 1. The van der Waals surface area contributed by atoms with Crippen LogP contribution in [0, 0.1) is 5.92 Å². The maximum atomic E-state index is 11.2. The molecule has 0 aliphatic rings. The molecule has 0 unspecified atom stereocenters. The van der Waals surface area contributed by atoms with E-state index in [9.17, 15) is 14.7 Å². The Morgan fingerprint density at radius 1 is 1.19 bits per heavy atom. The Morgan fingerprint density at radius 3 is 2.22 bits per heavy atom. The fourth-order valence-electron chi connectivity index (χ4n) is 2.68. The molecule has 4 N–H and O–H groups in total. The van der Waals surface area contributed by atoms with E-state index in [1.807, 2.05) is 0 Å². The lowest BCUT2D eigenvalue weighted by atomic mass is 10.1. The summed E-state index contributed by atoms with van der Waals surface area (Å²) in [6, 6.07) is 1.85. The lowest BCUT2D eigenvalue weighted by Crippen LogP contribution is -2.21. The van der Waals surface area contributed by atoms with Gasteiger partial charge in [-0.2, -0.15) is 0 Å². The predicted molar refractivity (Wildman–Crippen MR) is 127 cm³/mol. The number of rotatable bonds is 12. The normalized spacial score (nSPS) is 10.8. The minimum Gasteiger partial charge on any atom is -0.497 e. The van der Waals surface area contributed by atoms with Crippen LogP contribution in [0.5, 0.6) is 11.5 Å². The van der Waals surface area contributed by atoms with E-state index in [2.05, 4.69) is 39.2 Å². The molecule has 1 rings (SSSR count). The van der Waals surface area contributed by atoms with E-state index in [1.165, 1.54) is 19.2 Å². The van der Waals surface area contributed by atoms with Crippen molar-refractivity contribution >= 4 is 17.7 Å². The van der Waals surface area contributed by atoms with Crippen molar-refractivity contribution in [3.8, 4) is 11.5 Å². The zero-order chi connectivity index (χ0) is 24.7. The van der Waals surface area contributed by atoms with Crippen molar-refractivity contribution in [1.82, 2.24) is 0 Å². The number of anilines is 1. The van der Waals surface area contributed by atoms with Gasteiger partial charge >= 0.3 is 12.0 Å². The molecular formula is C24H36N2O6. The highest BCUT2D eigenvalue weighted by Gasteiger charge is 2.17. The first kappa shape index (κ1) is 28.6. The van der Waals surface area contributed by atoms with Crippen LogP contribution in [0.1, 0.15) is 50.4 Å². The van der Waals surface area contributed by atoms with Gasteiger partial charge in [0, 0.05) is 12.1 Å². The fraction of sp³-hybridized carbons (Fsp3) is 0.417. The molecule has 0 radical (unpaired) electrons. The first-order chi connectivity index (χ1) is 15.1. The molecule has 1 aromatic rings. The fourth-order valence-corrected chi connectivity index (χ4v) is 2.68. The number of benzene rings is 1. The van der Waals surface area contributed by atoms with E-state index in [0.29, 0.717) is 18.3 Å². The van der Waals surface area contributed by atoms with Crippen molar-refractivity contribution in [2.45, 2.75) is 40.0 Å². The zero-order valence-corrected chi connectivity index (χ0v) is 19.7. The van der Waals surface area contributed by atoms with Crippen molar-refractivity contribution in [2.75, 3.05) is 26.1 Å². The predicted octanol–water partition coefficient (Wildman–Crippen LogP) is 5.37. The smallest absolute Gasteiger partial charge is 0.337 e. The summed E-state index contributed by atoms with van der Waals surface area (Å²) in [5, 5.41) is 11.5. The zero-order valence-electron chi connectivity index (χ0n) is 19.7. The Bertz CT molecular complexity index is 797. The summed E-state index contributed by atoms with van der Waals surface area (Å²) in [5.41, 5.74) is 6.10. The topological polar surface area (TPSA) is 120 Å². The molecule has 0 saturated heterocycles. The Kier molecular flexibility index (Phi) is 13.7. The molecule has 1 aromatic carbocycles. The molecule has 0 heterocycles. The number of hydrogen-bond acceptors (Lipinski definition) is 5. The number of ether oxygens (including phenoxy) is 3. The van der Waals surface area contributed by atoms with E-state index in [4.69, 9.17) is 19.9 Å². The number of hydrogen-bond donors (Lipinski definition) is 3. The van der Waals surface area contributed by atoms with Crippen molar-refractivity contribution in [3.63, 3.8) is 0 Å². The standard InChI is InChI=1S/C15H22N2O5.C9H14O/c1-9(2)5-4-6-22-13-8-11(17-15(16)20)10(14(18)19)7-12(13)21-3;1-5-8(6-2)9(7-3)10-4/h7-9H,4-6H2,1-3H3,(H,18,19)(H3,16,17,20);5,7H,1,3,6H2,2,4H3/b;9-8-. The molecule has 2 amide bonds. The van der Waals surface area contributed by atoms with Crippen molar-refractivity contribution in [3.05, 3.63) is 54.3 Å². The first-order valence-corrected chi connectivity index (χ1v) is 10.3. The lowest BCUT2D eigenvalue weighted by molar-refractivity contribution is 0.0697. The molecule has 8 nitrogen and oxygen atoms in total. The summed E-state index contributed by atoms with van der Waals surface area (Å²) in [6.45, 7) is 14.0. The minimum absolute atomic E-state index is 0.0691. The van der Waals surface area contributed by atoms with Crippen LogP contribution in [0.15, 0.2) is 48.8 Å². The van der Waals surface area contributed by atoms with Crippen LogP contribution in [-0.4, -0.2) is 37.9 Å². The second kappa shape index (κ2) is 15.4. The lowest BCUT2D eigenvalue weighted by Gasteiger charge is -2.15. The molecule has 0 bridgehead atoms. The van der Waals surface area contributed by atoms with Gasteiger partial charge in [-0.3, -0.25) is 0 Å². The van der Waals surface area contributed by atoms with Gasteiger partial charge in [-0.25, -0.2) is 9.59 Å². The summed E-state index contributed by atoms with van der Waals surface area (Å²) in [6.07, 6.45) is 6.29. The number of nitrogens with two attached hydrogens (primary N) is 1. The number of primary amides is 1. The van der Waals surface area contributed by atoms with E-state index in [0.717, 1.165) is 30.6 Å². The van der Waals surface area contributed by atoms with Gasteiger partial charge < -0.3 is 30.4 Å². The molecular weight excluding hydrogens is 412 g/mol. The maximum absolute atomic E-state index is 11.2. The van der Waals surface area contributed by atoms with Gasteiger partial charge in [0.2, 0.25) is 0 Å². The molecule has 0 fully saturated rings. The largest absolute Gasteiger partial charge is 0.497 e. The van der Waals surface area contributed by atoms with Crippen LogP contribution in [0.25, 0.3) is 0 Å². The molecule has 0 spiro atoms. The highest BCUT2D eigenvalue weighted by atomic mass is 16.5. The minimum atomic E-state index is -1.20. The van der Waals surface area contributed by atoms with Crippen LogP contribution in [0.2, 0.25) is 0 Å². The van der Waals surface area contributed by atoms with E-state index in [-0.39, 0.29) is 17.0 Å². The maximum Gasteiger partial charge on any atom is 0.337 e. The van der Waals surface area contributed by atoms with E-state index in [1.54, 1.807) is 19.3 Å². The molecule has 0 aliphatic carbocycles. The average molecular weight is 449 g/mol. The Morgan fingerprint density at radius 2 is 1.84 bits per heavy atom. The van der Waals surface area contributed by atoms with Gasteiger partial charge in [-0.1, -0.05) is 40.0 Å². The van der Waals surface area contributed by atoms with Crippen molar-refractivity contribution < 1.29 is 28.9 Å². The van der Waals surface area contributed by atoms with Gasteiger partial charge in [0.15, 0.2) is 11.5 Å². The van der Waals surface area contributed by atoms with E-state index >= 15 is 0 Å². The summed E-state index contributed by atoms with van der Waals surface area (Å²) >= 11 is 0. The van der Waals surface area contributed by atoms with Crippen LogP contribution in [-0.2, 0) is 4.74 Å². The summed E-state index contributed by atoms with van der Waals surface area (Å²) in [7, 11) is 3.05. The third kappa shape index (κ3) is 10.1. The summed E-state index contributed by atoms with van der Waals surface area (Å²) in [4.78, 5) is 22.2. The van der Waals surface area contributed by atoms with Crippen LogP contribution in [0.4, 0.5) is 10.5 Å². The molecule has 0 saturated carbocycles. The quantitative estimate of drug-likeness (QED) is 0.225. The van der Waals surface area contributed by atoms with Gasteiger partial charge in [-0.05, 0) is 36.8 Å². The molecule has 0 aromatic heterocycles. The SMILES string of the molecule is C=C/C(CC)=C(\C=C)OC.COc1cc(C(=O)O)c(NC(N)=O)cc1OCCCC(C)C. The van der Waals surface area contributed by atoms with Gasteiger partial charge in [0.05, 0.1) is 32.1 Å². The third-order valence-corrected chi connectivity index (χ3v) is 4.32. The second-order valence-corrected chi connectivity index (χ2v) is 7.08. The van der Waals surface area contributed by atoms with Crippen molar-refractivity contribution in [2.24, 2.45) is 11.7 Å². The highest BCUT2D eigenvalue weighted by molar-refractivity contribution is 6.00. The summed E-state index contributed by atoms with van der Waals surface area (Å²) in [5.74, 6) is 0.842. The van der Waals surface area contributed by atoms with Gasteiger partial charge in [0.25, 0.3) is 0 Å². The molecule has 32 heavy (non-hydrogen) atoms. The van der Waals surface area contributed by atoms with Crippen LogP contribution < -0.4 is 20.5 Å². The number of nitrogens with one attached hydrogen (secondary N) is 1. The number of methoxy groups -OCH3 is 2. The average Bonchev–Trinajstić information content (AvgIpc) is 2.74. The van der Waals surface area contributed by atoms with Crippen LogP contribution >= 0.6 is 0 Å². The Balaban J connectivity index is 0.000000809. The molecule has 8 heteroatoms. The Labute approximate surface area is 190 Å². The Hall–Kier alpha value is -3.42. The molecule has 0 aliphatic heterocycles. The number of allylic oxidation sites excluding steroid dienone is 3. The van der Waals surface area contributed by atoms with Crippen LogP contribution in [0.3, 0.4) is 0 Å². The monoisotopic (exact) mass is 448 g/mol. The molecule has 178 valence electrons. The number of urea groups is 1. The third-order valence-electron chi connectivity index (χ3n) is 4.32. The van der Waals surface area contributed by atoms with E-state index < -0.39 is 12.0 Å². The van der Waals surface area contributed by atoms with Gasteiger partial charge in [-0.15, -0.1) is 0 Å². The summed E-state index contributed by atoms with van der Waals surface area (Å²) < 4.78 is 15.8. The first-order valence-electron chi connectivity index (χ1n) is 10.3.